The monoisotopic (exact) mass is 239 g/mol. The summed E-state index contributed by atoms with van der Waals surface area (Å²) in [6.45, 7) is 1.01. The Balaban J connectivity index is 1.98. The third-order valence-electron chi connectivity index (χ3n) is 3.24. The Labute approximate surface area is 102 Å². The second-order valence-electron chi connectivity index (χ2n) is 4.45. The zero-order valence-electron chi connectivity index (χ0n) is 9.63. The molecule has 88 valence electrons. The van der Waals surface area contributed by atoms with Crippen LogP contribution in [0.15, 0.2) is 24.3 Å². The molecule has 1 fully saturated rings. The highest BCUT2D eigenvalue weighted by Crippen LogP contribution is 2.39. The van der Waals surface area contributed by atoms with Gasteiger partial charge in [-0.05, 0) is 63.5 Å². The van der Waals surface area contributed by atoms with Crippen molar-refractivity contribution in [3.05, 3.63) is 29.3 Å². The molecule has 1 N–H and O–H groups in total. The van der Waals surface area contributed by atoms with Crippen molar-refractivity contribution in [3.8, 4) is 5.75 Å². The van der Waals surface area contributed by atoms with Crippen LogP contribution in [0.2, 0.25) is 5.02 Å². The van der Waals surface area contributed by atoms with E-state index in [-0.39, 0.29) is 5.60 Å². The first-order chi connectivity index (χ1) is 7.74. The molecule has 1 aromatic rings. The molecule has 0 radical (unpaired) electrons. The quantitative estimate of drug-likeness (QED) is 0.852. The standard InChI is InChI=1S/C13H18ClNO/c1-15-10-9-13(7-2-8-13)16-12-5-3-11(14)4-6-12/h3-6,15H,2,7-10H2,1H3. The molecule has 0 aromatic heterocycles. The van der Waals surface area contributed by atoms with E-state index in [1.165, 1.54) is 6.42 Å². The van der Waals surface area contributed by atoms with Crippen molar-refractivity contribution in [2.75, 3.05) is 13.6 Å². The normalized spacial score (nSPS) is 17.9. The van der Waals surface area contributed by atoms with Gasteiger partial charge in [0.1, 0.15) is 11.4 Å². The Hall–Kier alpha value is -0.730. The number of hydrogen-bond donors (Lipinski definition) is 1. The predicted octanol–water partition coefficient (Wildman–Crippen LogP) is 3.25. The molecule has 0 aliphatic heterocycles. The van der Waals surface area contributed by atoms with Gasteiger partial charge in [0.2, 0.25) is 0 Å². The van der Waals surface area contributed by atoms with Crippen molar-refractivity contribution in [1.29, 1.82) is 0 Å². The van der Waals surface area contributed by atoms with E-state index in [0.717, 1.165) is 36.6 Å². The van der Waals surface area contributed by atoms with E-state index < -0.39 is 0 Å². The molecule has 1 aromatic carbocycles. The van der Waals surface area contributed by atoms with Crippen molar-refractivity contribution >= 4 is 11.6 Å². The number of hydrogen-bond acceptors (Lipinski definition) is 2. The zero-order valence-corrected chi connectivity index (χ0v) is 10.4. The smallest absolute Gasteiger partial charge is 0.120 e. The molecule has 3 heteroatoms. The van der Waals surface area contributed by atoms with Gasteiger partial charge in [0.25, 0.3) is 0 Å². The van der Waals surface area contributed by atoms with Gasteiger partial charge in [0, 0.05) is 5.02 Å². The summed E-state index contributed by atoms with van der Waals surface area (Å²) in [4.78, 5) is 0. The van der Waals surface area contributed by atoms with Crippen molar-refractivity contribution in [1.82, 2.24) is 5.32 Å². The topological polar surface area (TPSA) is 21.3 Å². The second-order valence-corrected chi connectivity index (χ2v) is 4.88. The molecule has 0 amide bonds. The van der Waals surface area contributed by atoms with Gasteiger partial charge in [0.15, 0.2) is 0 Å². The molecule has 0 saturated heterocycles. The number of rotatable bonds is 5. The summed E-state index contributed by atoms with van der Waals surface area (Å²) in [5, 5.41) is 3.94. The molecule has 16 heavy (non-hydrogen) atoms. The van der Waals surface area contributed by atoms with Crippen LogP contribution in [0.3, 0.4) is 0 Å². The van der Waals surface area contributed by atoms with Crippen molar-refractivity contribution in [2.24, 2.45) is 0 Å². The van der Waals surface area contributed by atoms with E-state index in [1.54, 1.807) is 0 Å². The predicted molar refractivity (Wildman–Crippen MR) is 67.2 cm³/mol. The molecule has 1 aliphatic rings. The highest BCUT2D eigenvalue weighted by molar-refractivity contribution is 6.30. The summed E-state index contributed by atoms with van der Waals surface area (Å²) in [5.74, 6) is 0.931. The fourth-order valence-corrected chi connectivity index (χ4v) is 2.21. The first-order valence-corrected chi connectivity index (χ1v) is 6.21. The lowest BCUT2D eigenvalue weighted by Gasteiger charge is -2.42. The number of nitrogens with one attached hydrogen (secondary N) is 1. The fraction of sp³-hybridized carbons (Fsp3) is 0.538. The maximum atomic E-state index is 6.10. The van der Waals surface area contributed by atoms with Crippen LogP contribution in [0.25, 0.3) is 0 Å². The van der Waals surface area contributed by atoms with Crippen LogP contribution in [-0.2, 0) is 0 Å². The minimum atomic E-state index is 0.0663. The lowest BCUT2D eigenvalue weighted by molar-refractivity contribution is -0.0138. The van der Waals surface area contributed by atoms with E-state index in [4.69, 9.17) is 16.3 Å². The lowest BCUT2D eigenvalue weighted by atomic mass is 9.77. The molecule has 0 bridgehead atoms. The van der Waals surface area contributed by atoms with Crippen LogP contribution in [0.1, 0.15) is 25.7 Å². The Morgan fingerprint density at radius 1 is 1.31 bits per heavy atom. The maximum absolute atomic E-state index is 6.10. The third-order valence-corrected chi connectivity index (χ3v) is 3.50. The summed E-state index contributed by atoms with van der Waals surface area (Å²) >= 11 is 5.85. The van der Waals surface area contributed by atoms with E-state index in [0.29, 0.717) is 0 Å². The van der Waals surface area contributed by atoms with Gasteiger partial charge < -0.3 is 10.1 Å². The van der Waals surface area contributed by atoms with Gasteiger partial charge in [-0.15, -0.1) is 0 Å². The van der Waals surface area contributed by atoms with Gasteiger partial charge in [-0.25, -0.2) is 0 Å². The largest absolute Gasteiger partial charge is 0.487 e. The Morgan fingerprint density at radius 3 is 2.50 bits per heavy atom. The number of ether oxygens (including phenoxy) is 1. The average molecular weight is 240 g/mol. The minimum Gasteiger partial charge on any atom is -0.487 e. The van der Waals surface area contributed by atoms with Gasteiger partial charge in [-0.1, -0.05) is 11.6 Å². The first kappa shape index (κ1) is 11.7. The van der Waals surface area contributed by atoms with Gasteiger partial charge in [0.05, 0.1) is 0 Å². The van der Waals surface area contributed by atoms with Gasteiger partial charge in [-0.2, -0.15) is 0 Å². The SMILES string of the molecule is CNCCC1(Oc2ccc(Cl)cc2)CCC1. The van der Waals surface area contributed by atoms with Crippen LogP contribution in [0.5, 0.6) is 5.75 Å². The van der Waals surface area contributed by atoms with E-state index >= 15 is 0 Å². The molecule has 2 nitrogen and oxygen atoms in total. The summed E-state index contributed by atoms with van der Waals surface area (Å²) in [5.41, 5.74) is 0.0663. The van der Waals surface area contributed by atoms with E-state index in [2.05, 4.69) is 5.32 Å². The highest BCUT2D eigenvalue weighted by Gasteiger charge is 2.38. The average Bonchev–Trinajstić information content (AvgIpc) is 2.25. The maximum Gasteiger partial charge on any atom is 0.120 e. The molecule has 1 aliphatic carbocycles. The number of benzene rings is 1. The van der Waals surface area contributed by atoms with E-state index in [1.807, 2.05) is 31.3 Å². The fourth-order valence-electron chi connectivity index (χ4n) is 2.08. The minimum absolute atomic E-state index is 0.0663. The second kappa shape index (κ2) is 5.07. The van der Waals surface area contributed by atoms with Crippen molar-refractivity contribution in [2.45, 2.75) is 31.3 Å². The Morgan fingerprint density at radius 2 is 2.00 bits per heavy atom. The highest BCUT2D eigenvalue weighted by atomic mass is 35.5. The summed E-state index contributed by atoms with van der Waals surface area (Å²) < 4.78 is 6.10. The van der Waals surface area contributed by atoms with Crippen LogP contribution < -0.4 is 10.1 Å². The van der Waals surface area contributed by atoms with E-state index in [9.17, 15) is 0 Å². The molecule has 2 rings (SSSR count). The first-order valence-electron chi connectivity index (χ1n) is 5.83. The van der Waals surface area contributed by atoms with Crippen LogP contribution in [-0.4, -0.2) is 19.2 Å². The summed E-state index contributed by atoms with van der Waals surface area (Å²) in [7, 11) is 1.98. The van der Waals surface area contributed by atoms with Gasteiger partial charge in [-0.3, -0.25) is 0 Å². The van der Waals surface area contributed by atoms with Crippen LogP contribution in [0.4, 0.5) is 0 Å². The zero-order chi connectivity index (χ0) is 11.4. The molecule has 0 unspecified atom stereocenters. The molecule has 1 saturated carbocycles. The third kappa shape index (κ3) is 2.69. The molecule has 0 atom stereocenters. The molecule has 0 heterocycles. The lowest BCUT2D eigenvalue weighted by Crippen LogP contribution is -2.45. The van der Waals surface area contributed by atoms with Crippen LogP contribution in [0, 0.1) is 0 Å². The van der Waals surface area contributed by atoms with Crippen LogP contribution >= 0.6 is 11.6 Å². The summed E-state index contributed by atoms with van der Waals surface area (Å²) in [6.07, 6.45) is 4.68. The molecular weight excluding hydrogens is 222 g/mol. The molecular formula is C13H18ClNO. The van der Waals surface area contributed by atoms with Crippen molar-refractivity contribution in [3.63, 3.8) is 0 Å². The Bertz CT molecular complexity index is 332. The molecule has 0 spiro atoms. The van der Waals surface area contributed by atoms with Gasteiger partial charge >= 0.3 is 0 Å². The number of halogens is 1. The Kier molecular flexibility index (Phi) is 3.72. The summed E-state index contributed by atoms with van der Waals surface area (Å²) in [6, 6.07) is 7.65. The van der Waals surface area contributed by atoms with Crippen molar-refractivity contribution < 1.29 is 4.74 Å².